The summed E-state index contributed by atoms with van der Waals surface area (Å²) in [5.41, 5.74) is 3.34. The van der Waals surface area contributed by atoms with E-state index in [-0.39, 0.29) is 6.04 Å². The lowest BCUT2D eigenvalue weighted by molar-refractivity contribution is 0.107. The molecule has 1 atom stereocenters. The van der Waals surface area contributed by atoms with Crippen molar-refractivity contribution in [3.05, 3.63) is 11.8 Å². The predicted molar refractivity (Wildman–Crippen MR) is 65.6 cm³/mol. The van der Waals surface area contributed by atoms with Crippen LogP contribution in [0.3, 0.4) is 0 Å². The third-order valence-electron chi connectivity index (χ3n) is 4.33. The van der Waals surface area contributed by atoms with E-state index in [2.05, 4.69) is 18.4 Å². The van der Waals surface area contributed by atoms with Gasteiger partial charge in [-0.15, -0.1) is 0 Å². The van der Waals surface area contributed by atoms with Crippen molar-refractivity contribution in [2.24, 2.45) is 11.3 Å². The molecule has 0 bridgehead atoms. The molecule has 0 amide bonds. The monoisotopic (exact) mass is 224 g/mol. The summed E-state index contributed by atoms with van der Waals surface area (Å²) in [5.74, 6) is 6.87. The molecule has 1 aliphatic carbocycles. The second-order valence-electron chi connectivity index (χ2n) is 5.12. The number of hydrazine groups is 1. The fraction of sp³-hybridized carbons (Fsp3) is 0.846. The van der Waals surface area contributed by atoms with E-state index in [9.17, 15) is 0 Å². The maximum atomic E-state index is 5.79. The van der Waals surface area contributed by atoms with E-state index in [1.54, 1.807) is 0 Å². The molecule has 3 nitrogen and oxygen atoms in total. The van der Waals surface area contributed by atoms with Gasteiger partial charge in [-0.3, -0.25) is 5.84 Å². The first kappa shape index (κ1) is 11.9. The second kappa shape index (κ2) is 5.19. The molecule has 0 aromatic heterocycles. The highest BCUT2D eigenvalue weighted by Gasteiger charge is 2.42. The highest BCUT2D eigenvalue weighted by Crippen LogP contribution is 2.46. The van der Waals surface area contributed by atoms with Gasteiger partial charge in [-0.2, -0.15) is 0 Å². The summed E-state index contributed by atoms with van der Waals surface area (Å²) in [4.78, 5) is 0. The zero-order chi connectivity index (χ0) is 11.4. The number of allylic oxidation sites excluding steroid dienone is 1. The van der Waals surface area contributed by atoms with Crippen molar-refractivity contribution < 1.29 is 4.74 Å². The van der Waals surface area contributed by atoms with Crippen LogP contribution in [-0.4, -0.2) is 12.6 Å². The van der Waals surface area contributed by atoms with Crippen LogP contribution in [0.4, 0.5) is 0 Å². The number of rotatable bonds is 4. The van der Waals surface area contributed by atoms with Gasteiger partial charge in [-0.1, -0.05) is 19.8 Å². The molecule has 0 aromatic carbocycles. The molecule has 1 unspecified atom stereocenters. The van der Waals surface area contributed by atoms with Gasteiger partial charge in [0.25, 0.3) is 0 Å². The number of hydrogen-bond acceptors (Lipinski definition) is 3. The summed E-state index contributed by atoms with van der Waals surface area (Å²) in [6.07, 6.45) is 10.9. The van der Waals surface area contributed by atoms with Crippen LogP contribution < -0.4 is 11.3 Å². The Morgan fingerprint density at radius 2 is 2.19 bits per heavy atom. The van der Waals surface area contributed by atoms with E-state index in [0.29, 0.717) is 5.41 Å². The van der Waals surface area contributed by atoms with Gasteiger partial charge in [0.05, 0.1) is 12.6 Å². The van der Waals surface area contributed by atoms with Gasteiger partial charge in [-0.05, 0) is 43.6 Å². The van der Waals surface area contributed by atoms with Gasteiger partial charge in [0.2, 0.25) is 0 Å². The number of nitrogens with two attached hydrogens (primary N) is 1. The zero-order valence-corrected chi connectivity index (χ0v) is 10.3. The maximum Gasteiger partial charge on any atom is 0.111 e. The summed E-state index contributed by atoms with van der Waals surface area (Å²) < 4.78 is 5.79. The van der Waals surface area contributed by atoms with Gasteiger partial charge in [0, 0.05) is 0 Å². The first-order chi connectivity index (χ1) is 7.82. The molecule has 0 aromatic rings. The molecule has 0 spiro atoms. The van der Waals surface area contributed by atoms with E-state index >= 15 is 0 Å². The summed E-state index contributed by atoms with van der Waals surface area (Å²) >= 11 is 0. The van der Waals surface area contributed by atoms with Crippen LogP contribution >= 0.6 is 0 Å². The molecule has 0 saturated heterocycles. The molecule has 1 saturated carbocycles. The Hall–Kier alpha value is -0.540. The van der Waals surface area contributed by atoms with Gasteiger partial charge < -0.3 is 4.74 Å². The summed E-state index contributed by atoms with van der Waals surface area (Å²) in [7, 11) is 0. The third-order valence-corrected chi connectivity index (χ3v) is 4.33. The molecule has 2 aliphatic rings. The Bertz CT molecular complexity index is 257. The standard InChI is InChI=1S/C13H24N2O/c1-2-13(8-4-5-9-13)12(15-14)11-7-3-6-10-16-11/h7,12,15H,2-6,8-10,14H2,1H3. The maximum absolute atomic E-state index is 5.79. The Kier molecular flexibility index (Phi) is 3.87. The highest BCUT2D eigenvalue weighted by atomic mass is 16.5. The fourth-order valence-electron chi connectivity index (χ4n) is 3.26. The van der Waals surface area contributed by atoms with Crippen molar-refractivity contribution >= 4 is 0 Å². The lowest BCUT2D eigenvalue weighted by Gasteiger charge is -2.38. The first-order valence-corrected chi connectivity index (χ1v) is 6.61. The number of nitrogens with one attached hydrogen (secondary N) is 1. The van der Waals surface area contributed by atoms with Crippen LogP contribution in [0.2, 0.25) is 0 Å². The molecule has 92 valence electrons. The summed E-state index contributed by atoms with van der Waals surface area (Å²) in [5, 5.41) is 0. The normalized spacial score (nSPS) is 26.0. The van der Waals surface area contributed by atoms with Crippen molar-refractivity contribution in [3.8, 4) is 0 Å². The molecule has 3 N–H and O–H groups in total. The summed E-state index contributed by atoms with van der Waals surface area (Å²) in [6, 6.07) is 0.222. The topological polar surface area (TPSA) is 47.3 Å². The molecule has 16 heavy (non-hydrogen) atoms. The molecule has 1 heterocycles. The fourth-order valence-corrected chi connectivity index (χ4v) is 3.26. The highest BCUT2D eigenvalue weighted by molar-refractivity contribution is 5.12. The minimum atomic E-state index is 0.222. The Balaban J connectivity index is 2.16. The van der Waals surface area contributed by atoms with Crippen LogP contribution in [0, 0.1) is 5.41 Å². The number of hydrogen-bond donors (Lipinski definition) is 2. The van der Waals surface area contributed by atoms with E-state index in [1.165, 1.54) is 32.1 Å². The molecular formula is C13H24N2O. The Morgan fingerprint density at radius 3 is 2.69 bits per heavy atom. The molecule has 3 heteroatoms. The zero-order valence-electron chi connectivity index (χ0n) is 10.3. The lowest BCUT2D eigenvalue weighted by atomic mass is 9.75. The predicted octanol–water partition coefficient (Wildman–Crippen LogP) is 2.48. The molecule has 0 radical (unpaired) electrons. The minimum absolute atomic E-state index is 0.222. The van der Waals surface area contributed by atoms with Crippen molar-refractivity contribution in [1.82, 2.24) is 5.43 Å². The average molecular weight is 224 g/mol. The van der Waals surface area contributed by atoms with Crippen molar-refractivity contribution in [1.29, 1.82) is 0 Å². The smallest absolute Gasteiger partial charge is 0.111 e. The van der Waals surface area contributed by atoms with Gasteiger partial charge in [0.1, 0.15) is 5.76 Å². The van der Waals surface area contributed by atoms with Gasteiger partial charge in [0.15, 0.2) is 0 Å². The van der Waals surface area contributed by atoms with Crippen molar-refractivity contribution in [2.45, 2.75) is 57.9 Å². The third kappa shape index (κ3) is 2.11. The van der Waals surface area contributed by atoms with Crippen molar-refractivity contribution in [3.63, 3.8) is 0 Å². The largest absolute Gasteiger partial charge is 0.497 e. The average Bonchev–Trinajstić information content (AvgIpc) is 2.81. The molecule has 1 aliphatic heterocycles. The van der Waals surface area contributed by atoms with E-state index in [0.717, 1.165) is 25.2 Å². The van der Waals surface area contributed by atoms with Crippen LogP contribution in [0.1, 0.15) is 51.9 Å². The van der Waals surface area contributed by atoms with E-state index < -0.39 is 0 Å². The SMILES string of the molecule is CCC1(C(NN)C2=CCCCO2)CCCC1. The molecular weight excluding hydrogens is 200 g/mol. The Morgan fingerprint density at radius 1 is 1.44 bits per heavy atom. The van der Waals surface area contributed by atoms with E-state index in [1.807, 2.05) is 0 Å². The minimum Gasteiger partial charge on any atom is -0.497 e. The van der Waals surface area contributed by atoms with Crippen LogP contribution in [-0.2, 0) is 4.74 Å². The Labute approximate surface area is 98.4 Å². The van der Waals surface area contributed by atoms with E-state index in [4.69, 9.17) is 10.6 Å². The lowest BCUT2D eigenvalue weighted by Crippen LogP contribution is -2.49. The first-order valence-electron chi connectivity index (χ1n) is 6.61. The number of ether oxygens (including phenoxy) is 1. The molecule has 2 rings (SSSR count). The molecule has 1 fully saturated rings. The quantitative estimate of drug-likeness (QED) is 0.569. The van der Waals surface area contributed by atoms with Gasteiger partial charge in [-0.25, -0.2) is 5.43 Å². The van der Waals surface area contributed by atoms with Crippen molar-refractivity contribution in [2.75, 3.05) is 6.61 Å². The van der Waals surface area contributed by atoms with Crippen LogP contribution in [0.5, 0.6) is 0 Å². The van der Waals surface area contributed by atoms with Crippen LogP contribution in [0.25, 0.3) is 0 Å². The van der Waals surface area contributed by atoms with Gasteiger partial charge >= 0.3 is 0 Å². The van der Waals surface area contributed by atoms with Crippen LogP contribution in [0.15, 0.2) is 11.8 Å². The summed E-state index contributed by atoms with van der Waals surface area (Å²) in [6.45, 7) is 3.13. The second-order valence-corrected chi connectivity index (χ2v) is 5.12.